The number of carbonyl (C=O) groups is 1. The molecule has 2 heterocycles. The van der Waals surface area contributed by atoms with E-state index in [9.17, 15) is 4.79 Å². The lowest BCUT2D eigenvalue weighted by Gasteiger charge is -2.34. The highest BCUT2D eigenvalue weighted by atomic mass is 35.5. The Labute approximate surface area is 205 Å². The molecule has 0 saturated carbocycles. The molecule has 1 aliphatic heterocycles. The molecule has 1 aromatic heterocycles. The molecular formula is C25H29Cl2N5O. The third kappa shape index (κ3) is 5.18. The number of aryl methyl sites for hydroxylation is 2. The van der Waals surface area contributed by atoms with E-state index in [1.807, 2.05) is 32.9 Å². The number of hydrogen-bond acceptors (Lipinski definition) is 4. The Bertz CT molecular complexity index is 1180. The standard InChI is InChI=1S/C25H29Cl2N5O/c1-16-13-20(31-11-9-30(4)10-12-31)6-7-23(16)28-25(33)15-21-17(2)29-32(18(21)3)24-8-5-19(26)14-22(24)27/h5-8,13-14H,9-12,15H2,1-4H3,(H,28,33). The molecule has 0 spiro atoms. The van der Waals surface area contributed by atoms with Gasteiger partial charge >= 0.3 is 0 Å². The van der Waals surface area contributed by atoms with Gasteiger partial charge in [0, 0.05) is 53.8 Å². The van der Waals surface area contributed by atoms with E-state index in [0.29, 0.717) is 10.0 Å². The van der Waals surface area contributed by atoms with Gasteiger partial charge in [0.05, 0.1) is 22.8 Å². The molecule has 8 heteroatoms. The summed E-state index contributed by atoms with van der Waals surface area (Å²) in [5.41, 5.74) is 6.41. The van der Waals surface area contributed by atoms with Crippen LogP contribution in [0.3, 0.4) is 0 Å². The molecule has 0 radical (unpaired) electrons. The number of amides is 1. The Morgan fingerprint density at radius 1 is 1.03 bits per heavy atom. The summed E-state index contributed by atoms with van der Waals surface area (Å²) in [6, 6.07) is 11.5. The Balaban J connectivity index is 1.47. The largest absolute Gasteiger partial charge is 0.369 e. The van der Waals surface area contributed by atoms with Crippen molar-refractivity contribution in [1.82, 2.24) is 14.7 Å². The SMILES string of the molecule is Cc1cc(N2CCN(C)CC2)ccc1NC(=O)Cc1c(C)nn(-c2ccc(Cl)cc2Cl)c1C. The van der Waals surface area contributed by atoms with Gasteiger partial charge in [-0.25, -0.2) is 4.68 Å². The van der Waals surface area contributed by atoms with Crippen LogP contribution < -0.4 is 10.2 Å². The van der Waals surface area contributed by atoms with Crippen LogP contribution in [0.15, 0.2) is 36.4 Å². The average Bonchev–Trinajstić information content (AvgIpc) is 3.04. The first-order chi connectivity index (χ1) is 15.7. The second-order valence-electron chi connectivity index (χ2n) is 8.67. The number of halogens is 2. The molecule has 0 unspecified atom stereocenters. The predicted molar refractivity (Wildman–Crippen MR) is 136 cm³/mol. The van der Waals surface area contributed by atoms with E-state index in [2.05, 4.69) is 39.4 Å². The molecule has 4 rings (SSSR count). The van der Waals surface area contributed by atoms with Crippen LogP contribution in [-0.4, -0.2) is 53.8 Å². The average molecular weight is 486 g/mol. The van der Waals surface area contributed by atoms with Crippen LogP contribution >= 0.6 is 23.2 Å². The Morgan fingerprint density at radius 3 is 2.42 bits per heavy atom. The number of likely N-dealkylation sites (N-methyl/N-ethyl adjacent to an activating group) is 1. The van der Waals surface area contributed by atoms with Crippen molar-refractivity contribution < 1.29 is 4.79 Å². The fourth-order valence-electron chi connectivity index (χ4n) is 4.22. The number of piperazine rings is 1. The zero-order chi connectivity index (χ0) is 23.7. The predicted octanol–water partition coefficient (Wildman–Crippen LogP) is 5.04. The van der Waals surface area contributed by atoms with E-state index in [0.717, 1.165) is 60.1 Å². The first kappa shape index (κ1) is 23.6. The maximum absolute atomic E-state index is 12.9. The minimum absolute atomic E-state index is 0.0709. The van der Waals surface area contributed by atoms with E-state index >= 15 is 0 Å². The number of carbonyl (C=O) groups excluding carboxylic acids is 1. The number of aromatic nitrogens is 2. The van der Waals surface area contributed by atoms with E-state index in [-0.39, 0.29) is 12.3 Å². The first-order valence-corrected chi connectivity index (χ1v) is 11.8. The molecule has 1 amide bonds. The minimum atomic E-state index is -0.0709. The number of hydrogen-bond donors (Lipinski definition) is 1. The Hall–Kier alpha value is -2.54. The third-order valence-corrected chi connectivity index (χ3v) is 6.81. The first-order valence-electron chi connectivity index (χ1n) is 11.1. The normalized spacial score (nSPS) is 14.5. The van der Waals surface area contributed by atoms with Gasteiger partial charge in [0.2, 0.25) is 5.91 Å². The number of nitrogens with one attached hydrogen (secondary N) is 1. The van der Waals surface area contributed by atoms with Gasteiger partial charge in [-0.1, -0.05) is 23.2 Å². The van der Waals surface area contributed by atoms with E-state index in [4.69, 9.17) is 23.2 Å². The number of anilines is 2. The Morgan fingerprint density at radius 2 is 1.76 bits per heavy atom. The van der Waals surface area contributed by atoms with Gasteiger partial charge in [0.15, 0.2) is 0 Å². The molecule has 0 atom stereocenters. The summed E-state index contributed by atoms with van der Waals surface area (Å²) in [5.74, 6) is -0.0709. The van der Waals surface area contributed by atoms with Gasteiger partial charge in [-0.05, 0) is 69.8 Å². The van der Waals surface area contributed by atoms with Crippen molar-refractivity contribution in [3.8, 4) is 5.69 Å². The summed E-state index contributed by atoms with van der Waals surface area (Å²) >= 11 is 12.4. The summed E-state index contributed by atoms with van der Waals surface area (Å²) in [6.45, 7) is 10.0. The van der Waals surface area contributed by atoms with Crippen LogP contribution in [0.1, 0.15) is 22.5 Å². The van der Waals surface area contributed by atoms with Crippen molar-refractivity contribution in [1.29, 1.82) is 0 Å². The second-order valence-corrected chi connectivity index (χ2v) is 9.52. The van der Waals surface area contributed by atoms with Gasteiger partial charge in [0.25, 0.3) is 0 Å². The lowest BCUT2D eigenvalue weighted by molar-refractivity contribution is -0.115. The molecule has 33 heavy (non-hydrogen) atoms. The molecule has 1 N–H and O–H groups in total. The molecule has 174 valence electrons. The molecule has 1 fully saturated rings. The number of rotatable bonds is 5. The smallest absolute Gasteiger partial charge is 0.228 e. The van der Waals surface area contributed by atoms with Gasteiger partial charge in [-0.3, -0.25) is 4.79 Å². The highest BCUT2D eigenvalue weighted by molar-refractivity contribution is 6.35. The maximum Gasteiger partial charge on any atom is 0.228 e. The minimum Gasteiger partial charge on any atom is -0.369 e. The van der Waals surface area contributed by atoms with Crippen molar-refractivity contribution in [2.45, 2.75) is 27.2 Å². The molecule has 3 aromatic rings. The maximum atomic E-state index is 12.9. The summed E-state index contributed by atoms with van der Waals surface area (Å²) in [4.78, 5) is 17.6. The molecule has 2 aromatic carbocycles. The number of nitrogens with zero attached hydrogens (tertiary/aromatic N) is 4. The van der Waals surface area contributed by atoms with Crippen molar-refractivity contribution in [3.05, 3.63) is 69.0 Å². The highest BCUT2D eigenvalue weighted by Gasteiger charge is 2.19. The van der Waals surface area contributed by atoms with Crippen LogP contribution in [0.5, 0.6) is 0 Å². The third-order valence-electron chi connectivity index (χ3n) is 6.27. The van der Waals surface area contributed by atoms with Gasteiger partial charge in [0.1, 0.15) is 0 Å². The summed E-state index contributed by atoms with van der Waals surface area (Å²) < 4.78 is 1.77. The summed E-state index contributed by atoms with van der Waals surface area (Å²) in [5, 5.41) is 8.77. The highest BCUT2D eigenvalue weighted by Crippen LogP contribution is 2.28. The summed E-state index contributed by atoms with van der Waals surface area (Å²) in [7, 11) is 2.15. The molecule has 0 aliphatic carbocycles. The molecule has 6 nitrogen and oxygen atoms in total. The lowest BCUT2D eigenvalue weighted by Crippen LogP contribution is -2.44. The second kappa shape index (κ2) is 9.75. The van der Waals surface area contributed by atoms with Crippen LogP contribution in [0.4, 0.5) is 11.4 Å². The van der Waals surface area contributed by atoms with Crippen molar-refractivity contribution >= 4 is 40.5 Å². The zero-order valence-electron chi connectivity index (χ0n) is 19.5. The van der Waals surface area contributed by atoms with E-state index in [1.165, 1.54) is 5.69 Å². The van der Waals surface area contributed by atoms with Crippen LogP contribution in [0.25, 0.3) is 5.69 Å². The number of benzene rings is 2. The van der Waals surface area contributed by atoms with Crippen molar-refractivity contribution in [2.75, 3.05) is 43.4 Å². The van der Waals surface area contributed by atoms with Gasteiger partial charge in [-0.2, -0.15) is 5.10 Å². The topological polar surface area (TPSA) is 53.4 Å². The zero-order valence-corrected chi connectivity index (χ0v) is 21.0. The fourth-order valence-corrected chi connectivity index (χ4v) is 4.71. The van der Waals surface area contributed by atoms with Gasteiger partial charge in [-0.15, -0.1) is 0 Å². The quantitative estimate of drug-likeness (QED) is 0.549. The monoisotopic (exact) mass is 485 g/mol. The van der Waals surface area contributed by atoms with Crippen molar-refractivity contribution in [3.63, 3.8) is 0 Å². The lowest BCUT2D eigenvalue weighted by atomic mass is 10.1. The molecular weight excluding hydrogens is 457 g/mol. The van der Waals surface area contributed by atoms with Gasteiger partial charge < -0.3 is 15.1 Å². The molecule has 1 saturated heterocycles. The Kier molecular flexibility index (Phi) is 6.98. The van der Waals surface area contributed by atoms with Crippen LogP contribution in [-0.2, 0) is 11.2 Å². The molecule has 0 bridgehead atoms. The fraction of sp³-hybridized carbons (Fsp3) is 0.360. The van der Waals surface area contributed by atoms with Crippen LogP contribution in [0, 0.1) is 20.8 Å². The van der Waals surface area contributed by atoms with E-state index in [1.54, 1.807) is 16.8 Å². The van der Waals surface area contributed by atoms with Crippen LogP contribution in [0.2, 0.25) is 10.0 Å². The van der Waals surface area contributed by atoms with E-state index < -0.39 is 0 Å². The van der Waals surface area contributed by atoms with Crippen molar-refractivity contribution in [2.24, 2.45) is 0 Å². The molecule has 1 aliphatic rings. The summed E-state index contributed by atoms with van der Waals surface area (Å²) in [6.07, 6.45) is 0.239.